The summed E-state index contributed by atoms with van der Waals surface area (Å²) in [4.78, 5) is 4.51. The highest BCUT2D eigenvalue weighted by atomic mass is 28.4. The van der Waals surface area contributed by atoms with E-state index in [0.29, 0.717) is 0 Å². The number of hydrogen-bond acceptors (Lipinski definition) is 5. The molecular weight excluding hydrogens is 202 g/mol. The van der Waals surface area contributed by atoms with Gasteiger partial charge in [0, 0.05) is 34.0 Å². The van der Waals surface area contributed by atoms with Crippen molar-refractivity contribution < 1.29 is 18.1 Å². The van der Waals surface area contributed by atoms with E-state index in [1.165, 1.54) is 0 Å². The second-order valence-electron chi connectivity index (χ2n) is 2.33. The van der Waals surface area contributed by atoms with Crippen LogP contribution in [0.2, 0.25) is 0 Å². The predicted molar refractivity (Wildman–Crippen MR) is 56.0 cm³/mol. The lowest BCUT2D eigenvalue weighted by atomic mass is 10.5. The molecule has 0 aromatic rings. The minimum Gasteiger partial charge on any atom is -0.396 e. The highest BCUT2D eigenvalue weighted by Crippen LogP contribution is 2.04. The summed E-state index contributed by atoms with van der Waals surface area (Å²) >= 11 is 0. The lowest BCUT2D eigenvalue weighted by Crippen LogP contribution is -2.40. The molecule has 0 aromatic carbocycles. The summed E-state index contributed by atoms with van der Waals surface area (Å²) in [5.74, 6) is 0. The van der Waals surface area contributed by atoms with Gasteiger partial charge in [0.2, 0.25) is 0 Å². The van der Waals surface area contributed by atoms with E-state index in [9.17, 15) is 0 Å². The number of nitrogens with zero attached hydrogens (tertiary/aromatic N) is 1. The molecule has 0 bridgehead atoms. The van der Waals surface area contributed by atoms with E-state index in [0.717, 1.165) is 13.0 Å². The zero-order valence-electron chi connectivity index (χ0n) is 8.86. The van der Waals surface area contributed by atoms with Gasteiger partial charge in [0.15, 0.2) is 0 Å². The van der Waals surface area contributed by atoms with Crippen LogP contribution in [0.3, 0.4) is 0 Å². The molecule has 0 unspecified atom stereocenters. The average molecular weight is 219 g/mol. The Balaban J connectivity index is 0.000000280. The summed E-state index contributed by atoms with van der Waals surface area (Å²) < 4.78 is 14.9. The van der Waals surface area contributed by atoms with E-state index < -0.39 is 8.80 Å². The predicted octanol–water partition coefficient (Wildman–Crippen LogP) is 0.982. The quantitative estimate of drug-likeness (QED) is 0.661. The van der Waals surface area contributed by atoms with Crippen molar-refractivity contribution in [1.82, 2.24) is 0 Å². The fourth-order valence-corrected chi connectivity index (χ4v) is 1.76. The van der Waals surface area contributed by atoms with E-state index in [4.69, 9.17) is 13.3 Å². The topological polar surface area (TPSA) is 49.3 Å². The molecule has 0 spiro atoms. The maximum atomic E-state index is 4.96. The zero-order valence-corrected chi connectivity index (χ0v) is 9.86. The van der Waals surface area contributed by atoms with E-state index in [1.807, 2.05) is 0 Å². The Labute approximate surface area is 85.7 Å². The first-order valence-corrected chi connectivity index (χ1v) is 5.97. The van der Waals surface area contributed by atoms with E-state index >= 15 is 0 Å². The molecule has 82 valence electrons. The summed E-state index contributed by atoms with van der Waals surface area (Å²) in [7, 11) is 2.20. The molecule has 0 aromatic heterocycles. The normalized spacial score (nSPS) is 14.2. The Morgan fingerprint density at radius 1 is 1.36 bits per heavy atom. The van der Waals surface area contributed by atoms with Crippen molar-refractivity contribution >= 4 is 15.0 Å². The lowest BCUT2D eigenvalue weighted by molar-refractivity contribution is 0.138. The maximum absolute atomic E-state index is 4.96. The van der Waals surface area contributed by atoms with Crippen LogP contribution in [0.5, 0.6) is 0 Å². The van der Waals surface area contributed by atoms with Crippen LogP contribution in [-0.2, 0) is 18.1 Å². The molecular formula is C8H17NO4Si. The third kappa shape index (κ3) is 4.52. The molecule has 0 saturated heterocycles. The Morgan fingerprint density at radius 3 is 2.00 bits per heavy atom. The van der Waals surface area contributed by atoms with Gasteiger partial charge in [-0.15, -0.1) is 0 Å². The van der Waals surface area contributed by atoms with Crippen LogP contribution in [0, 0.1) is 0 Å². The van der Waals surface area contributed by atoms with Crippen molar-refractivity contribution in [3.63, 3.8) is 0 Å². The number of rotatable bonds is 4. The Kier molecular flexibility index (Phi) is 7.31. The molecule has 0 N–H and O–H groups in total. The van der Waals surface area contributed by atoms with Crippen molar-refractivity contribution in [2.45, 2.75) is 6.42 Å². The fraction of sp³-hybridized carbons (Fsp3) is 0.625. The van der Waals surface area contributed by atoms with Crippen LogP contribution in [0.4, 0.5) is 0 Å². The van der Waals surface area contributed by atoms with Crippen LogP contribution in [0.1, 0.15) is 6.42 Å². The van der Waals surface area contributed by atoms with Gasteiger partial charge < -0.3 is 18.1 Å². The van der Waals surface area contributed by atoms with Gasteiger partial charge in [-0.3, -0.25) is 0 Å². The summed E-state index contributed by atoms with van der Waals surface area (Å²) in [6, 6.07) is 0. The van der Waals surface area contributed by atoms with Gasteiger partial charge in [0.05, 0.1) is 0 Å². The van der Waals surface area contributed by atoms with Crippen LogP contribution in [-0.4, -0.2) is 43.0 Å². The first kappa shape index (κ1) is 13.3. The van der Waals surface area contributed by atoms with Gasteiger partial charge in [-0.05, 0) is 5.70 Å². The summed E-state index contributed by atoms with van der Waals surface area (Å²) in [5.41, 5.74) is 1.58. The Morgan fingerprint density at radius 2 is 1.93 bits per heavy atom. The SMILES string of the molecule is C1=NOCC1.C=C[Si](OC)(OC)OC. The molecule has 1 aliphatic heterocycles. The summed E-state index contributed by atoms with van der Waals surface area (Å²) in [5, 5.41) is 3.46. The molecule has 6 heteroatoms. The van der Waals surface area contributed by atoms with E-state index in [-0.39, 0.29) is 0 Å². The van der Waals surface area contributed by atoms with Crippen LogP contribution in [0.15, 0.2) is 17.4 Å². The molecule has 1 aliphatic rings. The smallest absolute Gasteiger partial charge is 0.396 e. The Bertz CT molecular complexity index is 168. The summed E-state index contributed by atoms with van der Waals surface area (Å²) in [6.45, 7) is 4.31. The highest BCUT2D eigenvalue weighted by Gasteiger charge is 2.33. The van der Waals surface area contributed by atoms with Gasteiger partial charge in [0.25, 0.3) is 0 Å². The van der Waals surface area contributed by atoms with Gasteiger partial charge in [-0.1, -0.05) is 11.7 Å². The molecule has 1 rings (SSSR count). The lowest BCUT2D eigenvalue weighted by Gasteiger charge is -2.19. The largest absolute Gasteiger partial charge is 0.528 e. The van der Waals surface area contributed by atoms with Gasteiger partial charge in [0.1, 0.15) is 6.61 Å². The maximum Gasteiger partial charge on any atom is 0.528 e. The van der Waals surface area contributed by atoms with Crippen molar-refractivity contribution in [2.24, 2.45) is 5.16 Å². The molecule has 5 nitrogen and oxygen atoms in total. The molecule has 1 heterocycles. The first-order valence-electron chi connectivity index (χ1n) is 4.17. The fourth-order valence-electron chi connectivity index (χ4n) is 0.764. The molecule has 0 fully saturated rings. The van der Waals surface area contributed by atoms with E-state index in [2.05, 4.69) is 16.6 Å². The first-order chi connectivity index (χ1) is 6.74. The third-order valence-electron chi connectivity index (χ3n) is 1.59. The van der Waals surface area contributed by atoms with Crippen molar-refractivity contribution in [3.8, 4) is 0 Å². The minimum absolute atomic E-state index is 0.778. The highest BCUT2D eigenvalue weighted by molar-refractivity contribution is 6.66. The van der Waals surface area contributed by atoms with E-state index in [1.54, 1.807) is 33.2 Å². The number of hydrogen-bond donors (Lipinski definition) is 0. The zero-order chi connectivity index (χ0) is 10.9. The van der Waals surface area contributed by atoms with Gasteiger partial charge in [-0.25, -0.2) is 0 Å². The monoisotopic (exact) mass is 219 g/mol. The van der Waals surface area contributed by atoms with Crippen molar-refractivity contribution in [1.29, 1.82) is 0 Å². The van der Waals surface area contributed by atoms with Gasteiger partial charge in [-0.2, -0.15) is 0 Å². The minimum atomic E-state index is -2.43. The second-order valence-corrected chi connectivity index (χ2v) is 5.17. The number of oxime groups is 1. The van der Waals surface area contributed by atoms with Crippen molar-refractivity contribution in [3.05, 3.63) is 12.3 Å². The molecule has 0 radical (unpaired) electrons. The second kappa shape index (κ2) is 7.69. The van der Waals surface area contributed by atoms with Crippen molar-refractivity contribution in [2.75, 3.05) is 27.9 Å². The van der Waals surface area contributed by atoms with Crippen LogP contribution in [0.25, 0.3) is 0 Å². The van der Waals surface area contributed by atoms with Crippen LogP contribution >= 0.6 is 0 Å². The van der Waals surface area contributed by atoms with Gasteiger partial charge >= 0.3 is 8.80 Å². The molecule has 0 aliphatic carbocycles. The van der Waals surface area contributed by atoms with Crippen LogP contribution < -0.4 is 0 Å². The molecule has 14 heavy (non-hydrogen) atoms. The molecule has 0 atom stereocenters. The average Bonchev–Trinajstić information content (AvgIpc) is 2.80. The molecule has 0 saturated carbocycles. The third-order valence-corrected chi connectivity index (χ3v) is 3.80. The summed E-state index contributed by atoms with van der Waals surface area (Å²) in [6.07, 6.45) is 2.75. The standard InChI is InChI=1S/C5H12O3Si.C3H5NO/c1-5-9(6-2,7-3)8-4;1-2-4-5-3-1/h5H,1H2,2-4H3;2H,1,3H2. The Hall–Kier alpha value is -0.693. The molecule has 0 amide bonds.